The molecule has 0 aromatic heterocycles. The van der Waals surface area contributed by atoms with Crippen molar-refractivity contribution in [3.8, 4) is 11.5 Å². The van der Waals surface area contributed by atoms with Gasteiger partial charge in [0, 0.05) is 22.8 Å². The van der Waals surface area contributed by atoms with Crippen molar-refractivity contribution in [1.29, 1.82) is 0 Å². The molecule has 17 heavy (non-hydrogen) atoms. The van der Waals surface area contributed by atoms with Crippen LogP contribution in [-0.4, -0.2) is 10.2 Å². The maximum atomic E-state index is 9.61. The van der Waals surface area contributed by atoms with Gasteiger partial charge in [-0.25, -0.2) is 0 Å². The summed E-state index contributed by atoms with van der Waals surface area (Å²) in [6, 6.07) is 12.2. The van der Waals surface area contributed by atoms with E-state index in [2.05, 4.69) is 5.32 Å². The van der Waals surface area contributed by atoms with Gasteiger partial charge in [0.05, 0.1) is 0 Å². The van der Waals surface area contributed by atoms with E-state index in [9.17, 15) is 10.2 Å². The molecule has 3 nitrogen and oxygen atoms in total. The van der Waals surface area contributed by atoms with Crippen LogP contribution in [-0.2, 0) is 6.54 Å². The summed E-state index contributed by atoms with van der Waals surface area (Å²) in [6.07, 6.45) is 0. The Balaban J connectivity index is 2.10. The topological polar surface area (TPSA) is 52.5 Å². The molecule has 0 saturated heterocycles. The quantitative estimate of drug-likeness (QED) is 0.731. The van der Waals surface area contributed by atoms with E-state index >= 15 is 0 Å². The fourth-order valence-corrected chi connectivity index (χ4v) is 1.71. The number of phenolic OH excluding ortho intramolecular Hbond substituents is 2. The number of hydrogen-bond donors (Lipinski definition) is 3. The van der Waals surface area contributed by atoms with Crippen molar-refractivity contribution >= 4 is 17.3 Å². The van der Waals surface area contributed by atoms with E-state index in [4.69, 9.17) is 11.6 Å². The molecule has 0 heterocycles. The van der Waals surface area contributed by atoms with Gasteiger partial charge in [0.2, 0.25) is 0 Å². The number of phenols is 2. The van der Waals surface area contributed by atoms with Crippen LogP contribution in [0.25, 0.3) is 0 Å². The molecular formula is C13H12ClNO2. The number of rotatable bonds is 3. The van der Waals surface area contributed by atoms with Gasteiger partial charge in [-0.05, 0) is 24.3 Å². The number of benzene rings is 2. The molecule has 3 N–H and O–H groups in total. The average Bonchev–Trinajstić information content (AvgIpc) is 2.31. The predicted octanol–water partition coefficient (Wildman–Crippen LogP) is 3.36. The van der Waals surface area contributed by atoms with Crippen LogP contribution in [0.15, 0.2) is 42.5 Å². The Bertz CT molecular complexity index is 529. The van der Waals surface area contributed by atoms with E-state index in [0.29, 0.717) is 17.1 Å². The van der Waals surface area contributed by atoms with Gasteiger partial charge in [-0.2, -0.15) is 0 Å². The molecule has 0 amide bonds. The largest absolute Gasteiger partial charge is 0.504 e. The molecule has 0 saturated carbocycles. The highest BCUT2D eigenvalue weighted by Gasteiger charge is 2.05. The SMILES string of the molecule is Oc1cccc(CNc2cccc(Cl)c2)c1O. The summed E-state index contributed by atoms with van der Waals surface area (Å²) in [5.41, 5.74) is 1.49. The zero-order valence-corrected chi connectivity index (χ0v) is 9.78. The molecule has 0 atom stereocenters. The van der Waals surface area contributed by atoms with Gasteiger partial charge >= 0.3 is 0 Å². The van der Waals surface area contributed by atoms with E-state index in [0.717, 1.165) is 5.69 Å². The fourth-order valence-electron chi connectivity index (χ4n) is 1.52. The third-order valence-corrected chi connectivity index (χ3v) is 2.64. The molecule has 4 heteroatoms. The number of halogens is 1. The van der Waals surface area contributed by atoms with Crippen molar-refractivity contribution in [3.05, 3.63) is 53.1 Å². The van der Waals surface area contributed by atoms with Gasteiger partial charge in [0.25, 0.3) is 0 Å². The van der Waals surface area contributed by atoms with E-state index in [-0.39, 0.29) is 11.5 Å². The first kappa shape index (κ1) is 11.6. The lowest BCUT2D eigenvalue weighted by Crippen LogP contribution is -1.99. The fraction of sp³-hybridized carbons (Fsp3) is 0.0769. The van der Waals surface area contributed by atoms with Gasteiger partial charge in [0.15, 0.2) is 11.5 Å². The normalized spacial score (nSPS) is 10.2. The van der Waals surface area contributed by atoms with Crippen LogP contribution in [0.4, 0.5) is 5.69 Å². The minimum Gasteiger partial charge on any atom is -0.504 e. The summed E-state index contributed by atoms with van der Waals surface area (Å²) in [4.78, 5) is 0. The second-order valence-corrected chi connectivity index (χ2v) is 4.09. The Labute approximate surface area is 104 Å². The lowest BCUT2D eigenvalue weighted by molar-refractivity contribution is 0.400. The van der Waals surface area contributed by atoms with Crippen molar-refractivity contribution < 1.29 is 10.2 Å². The maximum Gasteiger partial charge on any atom is 0.162 e. The van der Waals surface area contributed by atoms with Crippen molar-refractivity contribution in [1.82, 2.24) is 0 Å². The summed E-state index contributed by atoms with van der Waals surface area (Å²) < 4.78 is 0. The van der Waals surface area contributed by atoms with Crippen molar-refractivity contribution in [2.45, 2.75) is 6.54 Å². The maximum absolute atomic E-state index is 9.61. The molecule has 2 aromatic carbocycles. The minimum absolute atomic E-state index is 0.0953. The second kappa shape index (κ2) is 4.97. The van der Waals surface area contributed by atoms with Crippen LogP contribution < -0.4 is 5.32 Å². The number of para-hydroxylation sites is 1. The first-order valence-corrected chi connectivity index (χ1v) is 5.54. The van der Waals surface area contributed by atoms with Gasteiger partial charge in [-0.15, -0.1) is 0 Å². The first-order valence-electron chi connectivity index (χ1n) is 5.16. The van der Waals surface area contributed by atoms with E-state index < -0.39 is 0 Å². The number of hydrogen-bond acceptors (Lipinski definition) is 3. The molecule has 0 radical (unpaired) electrons. The first-order chi connectivity index (χ1) is 8.16. The Morgan fingerprint density at radius 1 is 1.06 bits per heavy atom. The van der Waals surface area contributed by atoms with Crippen LogP contribution in [0.3, 0.4) is 0 Å². The molecule has 0 bridgehead atoms. The molecule has 88 valence electrons. The molecule has 0 unspecified atom stereocenters. The second-order valence-electron chi connectivity index (χ2n) is 3.65. The van der Waals surface area contributed by atoms with Crippen LogP contribution >= 0.6 is 11.6 Å². The lowest BCUT2D eigenvalue weighted by Gasteiger charge is -2.09. The summed E-state index contributed by atoms with van der Waals surface area (Å²) in [5, 5.41) is 22.7. The predicted molar refractivity (Wildman–Crippen MR) is 68.6 cm³/mol. The van der Waals surface area contributed by atoms with Gasteiger partial charge in [-0.1, -0.05) is 29.8 Å². The van der Waals surface area contributed by atoms with Crippen molar-refractivity contribution in [3.63, 3.8) is 0 Å². The van der Waals surface area contributed by atoms with Crippen molar-refractivity contribution in [2.24, 2.45) is 0 Å². The Morgan fingerprint density at radius 3 is 2.59 bits per heavy atom. The van der Waals surface area contributed by atoms with E-state index in [1.165, 1.54) is 6.07 Å². The van der Waals surface area contributed by atoms with Gasteiger partial charge < -0.3 is 15.5 Å². The molecule has 0 fully saturated rings. The van der Waals surface area contributed by atoms with Crippen LogP contribution in [0.2, 0.25) is 5.02 Å². The summed E-state index contributed by atoms with van der Waals surface area (Å²) in [5.74, 6) is -0.211. The molecule has 2 aromatic rings. The number of nitrogens with one attached hydrogen (secondary N) is 1. The minimum atomic E-state index is -0.115. The monoisotopic (exact) mass is 249 g/mol. The average molecular weight is 250 g/mol. The number of anilines is 1. The highest BCUT2D eigenvalue weighted by Crippen LogP contribution is 2.28. The Hall–Kier alpha value is -1.87. The van der Waals surface area contributed by atoms with E-state index in [1.807, 2.05) is 12.1 Å². The van der Waals surface area contributed by atoms with Gasteiger partial charge in [-0.3, -0.25) is 0 Å². The summed E-state index contributed by atoms with van der Waals surface area (Å²) in [7, 11) is 0. The third-order valence-electron chi connectivity index (χ3n) is 2.41. The third kappa shape index (κ3) is 2.82. The zero-order chi connectivity index (χ0) is 12.3. The summed E-state index contributed by atoms with van der Waals surface area (Å²) in [6.45, 7) is 0.417. The molecular weight excluding hydrogens is 238 g/mol. The van der Waals surface area contributed by atoms with Gasteiger partial charge in [0.1, 0.15) is 0 Å². The summed E-state index contributed by atoms with van der Waals surface area (Å²) >= 11 is 5.85. The van der Waals surface area contributed by atoms with Crippen LogP contribution in [0.1, 0.15) is 5.56 Å². The molecule has 0 aliphatic carbocycles. The number of aromatic hydroxyl groups is 2. The molecule has 2 rings (SSSR count). The molecule has 0 aliphatic heterocycles. The highest BCUT2D eigenvalue weighted by atomic mass is 35.5. The van der Waals surface area contributed by atoms with Crippen molar-refractivity contribution in [2.75, 3.05) is 5.32 Å². The van der Waals surface area contributed by atoms with Crippen LogP contribution in [0, 0.1) is 0 Å². The van der Waals surface area contributed by atoms with Crippen LogP contribution in [0.5, 0.6) is 11.5 Å². The standard InChI is InChI=1S/C13H12ClNO2/c14-10-4-2-5-11(7-10)15-8-9-3-1-6-12(16)13(9)17/h1-7,15-17H,8H2. The lowest BCUT2D eigenvalue weighted by atomic mass is 10.2. The molecule has 0 spiro atoms. The zero-order valence-electron chi connectivity index (χ0n) is 9.02. The molecule has 0 aliphatic rings. The smallest absolute Gasteiger partial charge is 0.162 e. The van der Waals surface area contributed by atoms with E-state index in [1.54, 1.807) is 24.3 Å². The Morgan fingerprint density at radius 2 is 1.82 bits per heavy atom. The highest BCUT2D eigenvalue weighted by molar-refractivity contribution is 6.30. The Kier molecular flexibility index (Phi) is 3.40.